The zero-order valence-corrected chi connectivity index (χ0v) is 22.6. The van der Waals surface area contributed by atoms with Gasteiger partial charge in [-0.25, -0.2) is 0 Å². The van der Waals surface area contributed by atoms with Gasteiger partial charge >= 0.3 is 0 Å². The Morgan fingerprint density at radius 1 is 0.951 bits per heavy atom. The van der Waals surface area contributed by atoms with Crippen LogP contribution in [0.25, 0.3) is 5.57 Å². The van der Waals surface area contributed by atoms with Crippen molar-refractivity contribution in [2.75, 3.05) is 68.1 Å². The number of aliphatic hydroxyl groups is 1. The third kappa shape index (κ3) is 6.63. The fraction of sp³-hybridized carbons (Fsp3) is 0.258. The van der Waals surface area contributed by atoms with E-state index >= 15 is 0 Å². The number of rotatable bonds is 11. The molecule has 2 heterocycles. The van der Waals surface area contributed by atoms with Crippen LogP contribution in [0.15, 0.2) is 72.9 Å². The van der Waals surface area contributed by atoms with Crippen molar-refractivity contribution in [2.45, 2.75) is 0 Å². The lowest BCUT2D eigenvalue weighted by molar-refractivity contribution is -0.110. The van der Waals surface area contributed by atoms with Crippen LogP contribution in [-0.4, -0.2) is 80.1 Å². The van der Waals surface area contributed by atoms with Crippen molar-refractivity contribution in [3.05, 3.63) is 95.2 Å². The Kier molecular flexibility index (Phi) is 8.73. The largest absolute Gasteiger partial charge is 0.394 e. The molecule has 1 fully saturated rings. The Bertz CT molecular complexity index is 1460. The molecule has 5 rings (SSSR count). The van der Waals surface area contributed by atoms with E-state index in [1.807, 2.05) is 12.1 Å². The molecule has 0 unspecified atom stereocenters. The minimum absolute atomic E-state index is 0.0524. The van der Waals surface area contributed by atoms with Gasteiger partial charge in [-0.2, -0.15) is 0 Å². The van der Waals surface area contributed by atoms with Crippen LogP contribution in [0.1, 0.15) is 31.8 Å². The van der Waals surface area contributed by atoms with E-state index in [2.05, 4.69) is 32.6 Å². The fourth-order valence-corrected chi connectivity index (χ4v) is 4.97. The molecular formula is C31H33N5O5. The standard InChI is InChI=1S/C31H33N5O5/c32-30(39)23-3-1-2-21(18-23)29(38)22-4-9-26-27(31(40)34-28(26)19-22)20-33-24-5-7-25(8-6-24)36-12-10-35(11-13-36)14-16-41-17-15-37/h1-9,18-20,33,37H,10-17H2,(H2,32,39)(H,34,40)/b27-20-. The molecular weight excluding hydrogens is 522 g/mol. The van der Waals surface area contributed by atoms with Gasteiger partial charge in [0.05, 0.1) is 25.4 Å². The zero-order chi connectivity index (χ0) is 28.8. The summed E-state index contributed by atoms with van der Waals surface area (Å²) in [6.07, 6.45) is 1.67. The molecule has 2 amide bonds. The number of nitrogens with two attached hydrogens (primary N) is 1. The Morgan fingerprint density at radius 3 is 2.41 bits per heavy atom. The molecule has 0 aromatic heterocycles. The molecule has 2 aliphatic heterocycles. The van der Waals surface area contributed by atoms with Crippen molar-refractivity contribution >= 4 is 40.2 Å². The van der Waals surface area contributed by atoms with Crippen molar-refractivity contribution < 1.29 is 24.2 Å². The van der Waals surface area contributed by atoms with Gasteiger partial charge in [0.2, 0.25) is 5.91 Å². The molecule has 0 atom stereocenters. The van der Waals surface area contributed by atoms with Crippen molar-refractivity contribution in [3.8, 4) is 0 Å². The highest BCUT2D eigenvalue weighted by Crippen LogP contribution is 2.33. The van der Waals surface area contributed by atoms with Crippen LogP contribution in [-0.2, 0) is 9.53 Å². The lowest BCUT2D eigenvalue weighted by Crippen LogP contribution is -2.47. The van der Waals surface area contributed by atoms with Crippen molar-refractivity contribution in [1.29, 1.82) is 0 Å². The SMILES string of the molecule is NC(=O)c1cccc(C(=O)c2ccc3c(c2)NC(=O)/C3=C\Nc2ccc(N3CCN(CCOCCO)CC3)cc2)c1. The Morgan fingerprint density at radius 2 is 1.68 bits per heavy atom. The lowest BCUT2D eigenvalue weighted by Gasteiger charge is -2.36. The normalized spacial score (nSPS) is 16.0. The number of carbonyl (C=O) groups is 3. The number of hydrogen-bond acceptors (Lipinski definition) is 8. The summed E-state index contributed by atoms with van der Waals surface area (Å²) in [5.41, 5.74) is 10.0. The van der Waals surface area contributed by atoms with Crippen LogP contribution in [0.5, 0.6) is 0 Å². The Labute approximate surface area is 238 Å². The van der Waals surface area contributed by atoms with E-state index < -0.39 is 5.91 Å². The number of carbonyl (C=O) groups excluding carboxylic acids is 3. The van der Waals surface area contributed by atoms with E-state index in [0.717, 1.165) is 44.1 Å². The predicted octanol–water partition coefficient (Wildman–Crippen LogP) is 2.55. The summed E-state index contributed by atoms with van der Waals surface area (Å²) in [4.78, 5) is 41.9. The van der Waals surface area contributed by atoms with Crippen LogP contribution in [0.2, 0.25) is 0 Å². The van der Waals surface area contributed by atoms with Gasteiger partial charge in [-0.3, -0.25) is 19.3 Å². The molecule has 0 radical (unpaired) electrons. The Balaban J connectivity index is 1.20. The highest BCUT2D eigenvalue weighted by molar-refractivity contribution is 6.32. The smallest absolute Gasteiger partial charge is 0.257 e. The molecule has 0 bridgehead atoms. The van der Waals surface area contributed by atoms with E-state index in [0.29, 0.717) is 41.2 Å². The molecule has 0 aliphatic carbocycles. The summed E-state index contributed by atoms with van der Waals surface area (Å²) < 4.78 is 5.37. The second-order valence-corrected chi connectivity index (χ2v) is 9.90. The molecule has 0 saturated carbocycles. The average molecular weight is 556 g/mol. The Hall–Kier alpha value is -4.51. The summed E-state index contributed by atoms with van der Waals surface area (Å²) in [7, 11) is 0. The van der Waals surface area contributed by atoms with Gasteiger partial charge in [-0.15, -0.1) is 0 Å². The second-order valence-electron chi connectivity index (χ2n) is 9.90. The maximum absolute atomic E-state index is 13.0. The number of aliphatic hydroxyl groups excluding tert-OH is 1. The van der Waals surface area contributed by atoms with Crippen molar-refractivity contribution in [1.82, 2.24) is 4.90 Å². The third-order valence-corrected chi connectivity index (χ3v) is 7.25. The highest BCUT2D eigenvalue weighted by atomic mass is 16.5. The van der Waals surface area contributed by atoms with Gasteiger partial charge in [0.1, 0.15) is 0 Å². The maximum atomic E-state index is 13.0. The van der Waals surface area contributed by atoms with Gasteiger partial charge in [-0.1, -0.05) is 24.3 Å². The van der Waals surface area contributed by atoms with Gasteiger partial charge in [-0.05, 0) is 42.5 Å². The minimum Gasteiger partial charge on any atom is -0.394 e. The molecule has 3 aromatic rings. The highest BCUT2D eigenvalue weighted by Gasteiger charge is 2.25. The summed E-state index contributed by atoms with van der Waals surface area (Å²) in [6.45, 7) is 5.69. The first-order valence-electron chi connectivity index (χ1n) is 13.6. The minimum atomic E-state index is -0.603. The summed E-state index contributed by atoms with van der Waals surface area (Å²) in [6, 6.07) is 19.4. The van der Waals surface area contributed by atoms with E-state index in [-0.39, 0.29) is 23.9 Å². The lowest BCUT2D eigenvalue weighted by atomic mass is 9.98. The first-order valence-corrected chi connectivity index (χ1v) is 13.6. The van der Waals surface area contributed by atoms with Crippen LogP contribution in [0.3, 0.4) is 0 Å². The van der Waals surface area contributed by atoms with E-state index in [4.69, 9.17) is 15.6 Å². The number of piperazine rings is 1. The van der Waals surface area contributed by atoms with E-state index in [9.17, 15) is 14.4 Å². The van der Waals surface area contributed by atoms with Gasteiger partial charge in [0, 0.05) is 78.2 Å². The predicted molar refractivity (Wildman–Crippen MR) is 158 cm³/mol. The van der Waals surface area contributed by atoms with Crippen molar-refractivity contribution in [3.63, 3.8) is 0 Å². The average Bonchev–Trinajstić information content (AvgIpc) is 3.32. The number of hydrogen-bond donors (Lipinski definition) is 4. The number of anilines is 3. The number of nitrogens with zero attached hydrogens (tertiary/aromatic N) is 2. The second kappa shape index (κ2) is 12.8. The molecule has 3 aromatic carbocycles. The van der Waals surface area contributed by atoms with Gasteiger partial charge < -0.3 is 31.1 Å². The van der Waals surface area contributed by atoms with Crippen LogP contribution in [0.4, 0.5) is 17.1 Å². The fourth-order valence-electron chi connectivity index (χ4n) is 4.97. The van der Waals surface area contributed by atoms with Gasteiger partial charge in [0.15, 0.2) is 5.78 Å². The van der Waals surface area contributed by atoms with Crippen LogP contribution >= 0.6 is 0 Å². The summed E-state index contributed by atoms with van der Waals surface area (Å²) in [5, 5.41) is 14.9. The molecule has 0 spiro atoms. The van der Waals surface area contributed by atoms with Gasteiger partial charge in [0.25, 0.3) is 5.91 Å². The molecule has 10 heteroatoms. The van der Waals surface area contributed by atoms with Crippen LogP contribution in [0, 0.1) is 0 Å². The van der Waals surface area contributed by atoms with E-state index in [1.165, 1.54) is 6.07 Å². The number of nitrogens with one attached hydrogen (secondary N) is 2. The summed E-state index contributed by atoms with van der Waals surface area (Å²) >= 11 is 0. The topological polar surface area (TPSA) is 137 Å². The molecule has 5 N–H and O–H groups in total. The first-order chi connectivity index (χ1) is 19.9. The number of primary amides is 1. The number of amides is 2. The quantitative estimate of drug-likeness (QED) is 0.161. The third-order valence-electron chi connectivity index (χ3n) is 7.25. The monoisotopic (exact) mass is 555 g/mol. The number of ketones is 1. The molecule has 1 saturated heterocycles. The van der Waals surface area contributed by atoms with E-state index in [1.54, 1.807) is 42.6 Å². The number of fused-ring (bicyclic) bond motifs is 1. The van der Waals surface area contributed by atoms with Crippen molar-refractivity contribution in [2.24, 2.45) is 5.73 Å². The maximum Gasteiger partial charge on any atom is 0.257 e. The number of benzene rings is 3. The number of ether oxygens (including phenoxy) is 1. The van der Waals surface area contributed by atoms with Crippen LogP contribution < -0.4 is 21.3 Å². The first kappa shape index (κ1) is 28.0. The molecule has 41 heavy (non-hydrogen) atoms. The molecule has 212 valence electrons. The zero-order valence-electron chi connectivity index (χ0n) is 22.6. The summed E-state index contributed by atoms with van der Waals surface area (Å²) in [5.74, 6) is -1.13. The molecule has 2 aliphatic rings. The molecule has 10 nitrogen and oxygen atoms in total.